The zero-order valence-corrected chi connectivity index (χ0v) is 15.2. The number of halogens is 14. The lowest BCUT2D eigenvalue weighted by molar-refractivity contribution is -0.440. The summed E-state index contributed by atoms with van der Waals surface area (Å²) in [5, 5.41) is 8.91. The van der Waals surface area contributed by atoms with Gasteiger partial charge in [0.25, 0.3) is 0 Å². The summed E-state index contributed by atoms with van der Waals surface area (Å²) >= 11 is 1.03. The molecule has 0 rings (SSSR count). The smallest absolute Gasteiger partial charge is 0.393 e. The van der Waals surface area contributed by atoms with Crippen LogP contribution in [0.5, 0.6) is 0 Å². The number of rotatable bonds is 9. The topological polar surface area (TPSA) is 20.2 Å². The molecule has 0 radical (unpaired) electrons. The van der Waals surface area contributed by atoms with Crippen molar-refractivity contribution in [1.29, 1.82) is 0 Å². The van der Waals surface area contributed by atoms with Gasteiger partial charge in [-0.3, -0.25) is 0 Å². The fourth-order valence-corrected chi connectivity index (χ4v) is 2.65. The van der Waals surface area contributed by atoms with Gasteiger partial charge in [-0.2, -0.15) is 57.1 Å². The monoisotopic (exact) mass is 546 g/mol. The van der Waals surface area contributed by atoms with E-state index in [0.717, 1.165) is 29.5 Å². The Kier molecular flexibility index (Phi) is 7.83. The van der Waals surface area contributed by atoms with Gasteiger partial charge in [-0.25, -0.2) is 0 Å². The summed E-state index contributed by atoms with van der Waals surface area (Å²) in [6.07, 6.45) is -11.5. The van der Waals surface area contributed by atoms with E-state index in [1.165, 1.54) is 0 Å². The van der Waals surface area contributed by atoms with Crippen LogP contribution in [0.4, 0.5) is 57.1 Å². The molecule has 2 unspecified atom stereocenters. The molecule has 0 fully saturated rings. The molecule has 1 nitrogen and oxygen atoms in total. The van der Waals surface area contributed by atoms with Gasteiger partial charge >= 0.3 is 35.8 Å². The first-order valence-corrected chi connectivity index (χ1v) is 8.08. The normalized spacial score (nSPS) is 17.8. The number of alkyl halides is 14. The molecule has 0 saturated carbocycles. The van der Waals surface area contributed by atoms with Crippen LogP contribution in [-0.2, 0) is 0 Å². The lowest BCUT2D eigenvalue weighted by Crippen LogP contribution is -2.70. The average Bonchev–Trinajstić information content (AvgIpc) is 2.42. The molecule has 1 N–H and O–H groups in total. The predicted octanol–water partition coefficient (Wildman–Crippen LogP) is 6.08. The molecule has 164 valence electrons. The van der Waals surface area contributed by atoms with E-state index in [0.29, 0.717) is 0 Å². The Labute approximate surface area is 157 Å². The van der Waals surface area contributed by atoms with Gasteiger partial charge in [0.2, 0.25) is 0 Å². The van der Waals surface area contributed by atoms with E-state index >= 15 is 0 Å². The maximum atomic E-state index is 13.5. The van der Waals surface area contributed by atoms with Crippen molar-refractivity contribution in [1.82, 2.24) is 0 Å². The number of hydrogen-bond donors (Lipinski definition) is 1. The Morgan fingerprint density at radius 2 is 1.04 bits per heavy atom. The maximum absolute atomic E-state index is 13.5. The molecule has 0 aliphatic rings. The molecule has 0 amide bonds. The van der Waals surface area contributed by atoms with Crippen molar-refractivity contribution >= 4 is 22.6 Å². The third-order valence-corrected chi connectivity index (χ3v) is 4.44. The van der Waals surface area contributed by atoms with E-state index < -0.39 is 58.7 Å². The van der Waals surface area contributed by atoms with E-state index in [4.69, 9.17) is 5.11 Å². The standard InChI is InChI=1S/C12H12F13IO/c1-5(27)2-3-6(26)4-7(13,14)8(15,16)9(17,18)10(19,20)11(21,22)12(23,24)25/h5-6,27H,2-4H2,1H3. The van der Waals surface area contributed by atoms with Crippen molar-refractivity contribution in [3.63, 3.8) is 0 Å². The fraction of sp³-hybridized carbons (Fsp3) is 1.00. The summed E-state index contributed by atoms with van der Waals surface area (Å²) < 4.78 is 166. The third kappa shape index (κ3) is 4.86. The van der Waals surface area contributed by atoms with Crippen LogP contribution in [0, 0.1) is 0 Å². The van der Waals surface area contributed by atoms with Crippen molar-refractivity contribution in [2.45, 2.75) is 72.0 Å². The van der Waals surface area contributed by atoms with Crippen LogP contribution in [0.15, 0.2) is 0 Å². The van der Waals surface area contributed by atoms with Gasteiger partial charge in [-0.15, -0.1) is 0 Å². The first kappa shape index (κ1) is 26.8. The van der Waals surface area contributed by atoms with Gasteiger partial charge in [-0.05, 0) is 19.8 Å². The summed E-state index contributed by atoms with van der Waals surface area (Å²) in [6.45, 7) is 1.16. The molecule has 2 atom stereocenters. The van der Waals surface area contributed by atoms with E-state index in [1.54, 1.807) is 0 Å². The SMILES string of the molecule is CC(O)CCC(I)CC(F)(F)C(F)(F)C(F)(F)C(F)(F)C(F)(F)C(F)(F)F. The molecule has 0 aliphatic heterocycles. The molecule has 0 aromatic rings. The molecule has 27 heavy (non-hydrogen) atoms. The minimum atomic E-state index is -7.87. The van der Waals surface area contributed by atoms with Gasteiger partial charge < -0.3 is 5.11 Å². The zero-order valence-electron chi connectivity index (χ0n) is 13.0. The second kappa shape index (κ2) is 7.89. The highest BCUT2D eigenvalue weighted by atomic mass is 127. The molecule has 0 aromatic carbocycles. The van der Waals surface area contributed by atoms with Crippen LogP contribution in [0.2, 0.25) is 0 Å². The summed E-state index contributed by atoms with van der Waals surface area (Å²) in [6, 6.07) is 0. The molecule has 0 bridgehead atoms. The highest BCUT2D eigenvalue weighted by Gasteiger charge is 2.90. The Bertz CT molecular complexity index is 500. The van der Waals surface area contributed by atoms with Crippen LogP contribution in [-0.4, -0.2) is 50.9 Å². The zero-order chi connectivity index (χ0) is 22.3. The van der Waals surface area contributed by atoms with Gasteiger partial charge in [0, 0.05) is 10.3 Å². The summed E-state index contributed by atoms with van der Waals surface area (Å²) in [5.41, 5.74) is 0. The van der Waals surface area contributed by atoms with E-state index in [2.05, 4.69) is 0 Å². The van der Waals surface area contributed by atoms with Crippen molar-refractivity contribution in [3.05, 3.63) is 0 Å². The molecule has 0 heterocycles. The first-order chi connectivity index (χ1) is 11.6. The number of aliphatic hydroxyl groups excluding tert-OH is 1. The molecule has 0 aromatic heterocycles. The minimum absolute atomic E-state index is 0.284. The number of aliphatic hydroxyl groups is 1. The Morgan fingerprint density at radius 3 is 1.37 bits per heavy atom. The van der Waals surface area contributed by atoms with Crippen molar-refractivity contribution in [3.8, 4) is 0 Å². The van der Waals surface area contributed by atoms with E-state index in [1.807, 2.05) is 0 Å². The molecule has 0 spiro atoms. The highest BCUT2D eigenvalue weighted by Crippen LogP contribution is 2.61. The Hall–Kier alpha value is -0.220. The Morgan fingerprint density at radius 1 is 0.667 bits per heavy atom. The summed E-state index contributed by atoms with van der Waals surface area (Å²) in [7, 11) is 0. The molecule has 0 saturated heterocycles. The fourth-order valence-electron chi connectivity index (χ4n) is 1.73. The largest absolute Gasteiger partial charge is 0.460 e. The van der Waals surface area contributed by atoms with Crippen LogP contribution >= 0.6 is 22.6 Å². The quantitative estimate of drug-likeness (QED) is 0.211. The van der Waals surface area contributed by atoms with Crippen LogP contribution in [0.1, 0.15) is 26.2 Å². The minimum Gasteiger partial charge on any atom is -0.393 e. The van der Waals surface area contributed by atoms with Crippen LogP contribution < -0.4 is 0 Å². The first-order valence-electron chi connectivity index (χ1n) is 6.84. The molecule has 0 aliphatic carbocycles. The van der Waals surface area contributed by atoms with E-state index in [9.17, 15) is 57.1 Å². The van der Waals surface area contributed by atoms with Crippen molar-refractivity contribution < 1.29 is 62.2 Å². The third-order valence-electron chi connectivity index (χ3n) is 3.37. The van der Waals surface area contributed by atoms with Gasteiger partial charge in [0.1, 0.15) is 0 Å². The van der Waals surface area contributed by atoms with Crippen LogP contribution in [0.25, 0.3) is 0 Å². The summed E-state index contributed by atoms with van der Waals surface area (Å²) in [5.74, 6) is -36.6. The molecular weight excluding hydrogens is 534 g/mol. The van der Waals surface area contributed by atoms with Gasteiger partial charge in [0.05, 0.1) is 6.10 Å². The van der Waals surface area contributed by atoms with Crippen LogP contribution in [0.3, 0.4) is 0 Å². The second-order valence-electron chi connectivity index (χ2n) is 5.73. The lowest BCUT2D eigenvalue weighted by atomic mass is 9.91. The van der Waals surface area contributed by atoms with Gasteiger partial charge in [0.15, 0.2) is 0 Å². The molecular formula is C12H12F13IO. The molecule has 15 heteroatoms. The Balaban J connectivity index is 5.87. The maximum Gasteiger partial charge on any atom is 0.460 e. The number of hydrogen-bond acceptors (Lipinski definition) is 1. The average molecular weight is 546 g/mol. The van der Waals surface area contributed by atoms with Gasteiger partial charge in [-0.1, -0.05) is 22.6 Å². The highest BCUT2D eigenvalue weighted by molar-refractivity contribution is 14.1. The second-order valence-corrected chi connectivity index (χ2v) is 7.49. The predicted molar refractivity (Wildman–Crippen MR) is 74.1 cm³/mol. The van der Waals surface area contributed by atoms with Crippen molar-refractivity contribution in [2.75, 3.05) is 0 Å². The lowest BCUT2D eigenvalue weighted by Gasteiger charge is -2.40. The van der Waals surface area contributed by atoms with Crippen molar-refractivity contribution in [2.24, 2.45) is 0 Å². The summed E-state index contributed by atoms with van der Waals surface area (Å²) in [4.78, 5) is 0. The van der Waals surface area contributed by atoms with E-state index in [-0.39, 0.29) is 6.42 Å².